The number of carbonyl (C=O) groups excluding carboxylic acids is 2. The number of nitrogens with one attached hydrogen (secondary N) is 1. The van der Waals surface area contributed by atoms with Gasteiger partial charge in [-0.05, 0) is 18.9 Å². The molecule has 1 aromatic carbocycles. The summed E-state index contributed by atoms with van der Waals surface area (Å²) in [7, 11) is 0. The lowest BCUT2D eigenvalue weighted by atomic mass is 9.93. The van der Waals surface area contributed by atoms with Crippen molar-refractivity contribution in [3.8, 4) is 0 Å². The van der Waals surface area contributed by atoms with Crippen LogP contribution in [0.25, 0.3) is 0 Å². The van der Waals surface area contributed by atoms with Gasteiger partial charge in [0.25, 0.3) is 0 Å². The van der Waals surface area contributed by atoms with Crippen LogP contribution in [-0.2, 0) is 9.53 Å². The van der Waals surface area contributed by atoms with Crippen LogP contribution in [-0.4, -0.2) is 31.4 Å². The normalized spacial score (nSPS) is 21.4. The Morgan fingerprint density at radius 3 is 2.75 bits per heavy atom. The number of hydrogen-bond donors (Lipinski definition) is 1. The van der Waals surface area contributed by atoms with Gasteiger partial charge in [0.2, 0.25) is 0 Å². The number of esters is 1. The third kappa shape index (κ3) is 3.54. The number of allylic oxidation sites excluding steroid dienone is 1. The van der Waals surface area contributed by atoms with E-state index in [9.17, 15) is 9.59 Å². The zero-order chi connectivity index (χ0) is 14.4. The van der Waals surface area contributed by atoms with Gasteiger partial charge in [-0.1, -0.05) is 36.4 Å². The number of carbonyl (C=O) groups is 2. The maximum Gasteiger partial charge on any atom is 0.311 e. The Labute approximate surface area is 118 Å². The van der Waals surface area contributed by atoms with Crippen molar-refractivity contribution in [2.24, 2.45) is 11.8 Å². The van der Waals surface area contributed by atoms with Crippen LogP contribution in [0.15, 0.2) is 43.0 Å². The summed E-state index contributed by atoms with van der Waals surface area (Å²) in [6, 6.07) is 8.85. The van der Waals surface area contributed by atoms with Crippen molar-refractivity contribution in [1.29, 1.82) is 0 Å². The number of Topliss-reactive ketones (excluding diaryl/α,β-unsaturated/α-hetero) is 1. The van der Waals surface area contributed by atoms with E-state index in [4.69, 9.17) is 4.74 Å². The number of benzene rings is 1. The molecule has 1 unspecified atom stereocenters. The first-order valence-corrected chi connectivity index (χ1v) is 6.79. The van der Waals surface area contributed by atoms with E-state index in [1.54, 1.807) is 24.3 Å². The second-order valence-corrected chi connectivity index (χ2v) is 4.95. The zero-order valence-corrected chi connectivity index (χ0v) is 11.4. The number of ether oxygens (including phenoxy) is 1. The molecule has 0 aromatic heterocycles. The minimum Gasteiger partial charge on any atom is -0.457 e. The molecular weight excluding hydrogens is 254 g/mol. The number of rotatable bonds is 6. The predicted molar refractivity (Wildman–Crippen MR) is 76.4 cm³/mol. The largest absolute Gasteiger partial charge is 0.457 e. The Kier molecular flexibility index (Phi) is 5.07. The van der Waals surface area contributed by atoms with E-state index in [1.807, 2.05) is 12.1 Å². The van der Waals surface area contributed by atoms with Gasteiger partial charge >= 0.3 is 5.97 Å². The smallest absolute Gasteiger partial charge is 0.311 e. The zero-order valence-electron chi connectivity index (χ0n) is 11.4. The van der Waals surface area contributed by atoms with Gasteiger partial charge in [0.15, 0.2) is 12.4 Å². The van der Waals surface area contributed by atoms with Crippen LogP contribution in [0.4, 0.5) is 0 Å². The highest BCUT2D eigenvalue weighted by molar-refractivity contribution is 5.97. The average Bonchev–Trinajstić information content (AvgIpc) is 2.94. The lowest BCUT2D eigenvalue weighted by Crippen LogP contribution is -2.27. The summed E-state index contributed by atoms with van der Waals surface area (Å²) in [5.41, 5.74) is 0.562. The maximum absolute atomic E-state index is 12.0. The van der Waals surface area contributed by atoms with Gasteiger partial charge in [0, 0.05) is 12.1 Å². The quantitative estimate of drug-likeness (QED) is 0.488. The van der Waals surface area contributed by atoms with Crippen LogP contribution in [0.2, 0.25) is 0 Å². The molecule has 1 N–H and O–H groups in total. The first-order chi connectivity index (χ1) is 9.72. The maximum atomic E-state index is 12.0. The van der Waals surface area contributed by atoms with E-state index in [0.29, 0.717) is 12.1 Å². The molecule has 2 rings (SSSR count). The number of ketones is 1. The molecule has 0 spiro atoms. The van der Waals surface area contributed by atoms with Gasteiger partial charge in [-0.15, -0.1) is 6.58 Å². The SMILES string of the molecule is C=CCC1CNC[C@H]1C(=O)OCC(=O)c1ccccc1. The fraction of sp³-hybridized carbons (Fsp3) is 0.375. The molecule has 1 aliphatic rings. The van der Waals surface area contributed by atoms with E-state index in [2.05, 4.69) is 11.9 Å². The Morgan fingerprint density at radius 2 is 2.05 bits per heavy atom. The molecule has 1 heterocycles. The van der Waals surface area contributed by atoms with Gasteiger partial charge in [0.1, 0.15) is 0 Å². The van der Waals surface area contributed by atoms with Gasteiger partial charge in [-0.25, -0.2) is 0 Å². The van der Waals surface area contributed by atoms with Crippen molar-refractivity contribution in [3.05, 3.63) is 48.6 Å². The monoisotopic (exact) mass is 273 g/mol. The molecule has 1 aromatic rings. The van der Waals surface area contributed by atoms with Crippen LogP contribution in [0.5, 0.6) is 0 Å². The summed E-state index contributed by atoms with van der Waals surface area (Å²) >= 11 is 0. The summed E-state index contributed by atoms with van der Waals surface area (Å²) < 4.78 is 5.16. The van der Waals surface area contributed by atoms with Crippen molar-refractivity contribution >= 4 is 11.8 Å². The van der Waals surface area contributed by atoms with E-state index >= 15 is 0 Å². The molecular formula is C16H19NO3. The first-order valence-electron chi connectivity index (χ1n) is 6.79. The van der Waals surface area contributed by atoms with Crippen LogP contribution in [0, 0.1) is 11.8 Å². The van der Waals surface area contributed by atoms with E-state index in [1.165, 1.54) is 0 Å². The molecule has 0 saturated carbocycles. The summed E-state index contributed by atoms with van der Waals surface area (Å²) in [6.45, 7) is 4.90. The van der Waals surface area contributed by atoms with Crippen LogP contribution >= 0.6 is 0 Å². The van der Waals surface area contributed by atoms with E-state index < -0.39 is 0 Å². The number of hydrogen-bond acceptors (Lipinski definition) is 4. The van der Waals surface area contributed by atoms with Crippen LogP contribution in [0.1, 0.15) is 16.8 Å². The van der Waals surface area contributed by atoms with E-state index in [-0.39, 0.29) is 30.2 Å². The molecule has 4 heteroatoms. The third-order valence-electron chi connectivity index (χ3n) is 3.55. The second-order valence-electron chi connectivity index (χ2n) is 4.95. The van der Waals surface area contributed by atoms with Crippen molar-refractivity contribution in [3.63, 3.8) is 0 Å². The topological polar surface area (TPSA) is 55.4 Å². The highest BCUT2D eigenvalue weighted by Crippen LogP contribution is 2.22. The molecule has 0 bridgehead atoms. The third-order valence-corrected chi connectivity index (χ3v) is 3.55. The molecule has 1 fully saturated rings. The highest BCUT2D eigenvalue weighted by Gasteiger charge is 2.33. The average molecular weight is 273 g/mol. The predicted octanol–water partition coefficient (Wildman–Crippen LogP) is 1.82. The fourth-order valence-corrected chi connectivity index (χ4v) is 2.42. The lowest BCUT2D eigenvalue weighted by molar-refractivity contribution is -0.148. The van der Waals surface area contributed by atoms with Crippen LogP contribution < -0.4 is 5.32 Å². The van der Waals surface area contributed by atoms with Gasteiger partial charge in [0.05, 0.1) is 5.92 Å². The fourth-order valence-electron chi connectivity index (χ4n) is 2.42. The van der Waals surface area contributed by atoms with Gasteiger partial charge in [-0.3, -0.25) is 9.59 Å². The molecule has 1 saturated heterocycles. The van der Waals surface area contributed by atoms with E-state index in [0.717, 1.165) is 13.0 Å². The van der Waals surface area contributed by atoms with Crippen LogP contribution in [0.3, 0.4) is 0 Å². The Morgan fingerprint density at radius 1 is 1.30 bits per heavy atom. The minimum atomic E-state index is -0.300. The second kappa shape index (κ2) is 7.01. The molecule has 0 amide bonds. The molecule has 0 aliphatic carbocycles. The Bertz CT molecular complexity index is 484. The molecule has 20 heavy (non-hydrogen) atoms. The first kappa shape index (κ1) is 14.5. The standard InChI is InChI=1S/C16H19NO3/c1-2-6-13-9-17-10-14(13)16(19)20-11-15(18)12-7-4-3-5-8-12/h2-5,7-8,13-14,17H,1,6,9-11H2/t13?,14-/m1/s1. The highest BCUT2D eigenvalue weighted by atomic mass is 16.5. The Hall–Kier alpha value is -1.94. The molecule has 0 radical (unpaired) electrons. The van der Waals surface area contributed by atoms with Crippen molar-refractivity contribution in [2.45, 2.75) is 6.42 Å². The molecule has 2 atom stereocenters. The Balaban J connectivity index is 1.86. The summed E-state index contributed by atoms with van der Waals surface area (Å²) in [4.78, 5) is 23.9. The summed E-state index contributed by atoms with van der Waals surface area (Å²) in [6.07, 6.45) is 2.59. The van der Waals surface area contributed by atoms with Crippen molar-refractivity contribution in [1.82, 2.24) is 5.32 Å². The summed E-state index contributed by atoms with van der Waals surface area (Å²) in [5.74, 6) is -0.445. The summed E-state index contributed by atoms with van der Waals surface area (Å²) in [5, 5.41) is 3.17. The van der Waals surface area contributed by atoms with Gasteiger partial charge in [-0.2, -0.15) is 0 Å². The molecule has 1 aliphatic heterocycles. The molecule has 106 valence electrons. The lowest BCUT2D eigenvalue weighted by Gasteiger charge is -2.15. The molecule has 4 nitrogen and oxygen atoms in total. The van der Waals surface area contributed by atoms with Crippen molar-refractivity contribution < 1.29 is 14.3 Å². The minimum absolute atomic E-state index is 0.176. The van der Waals surface area contributed by atoms with Gasteiger partial charge < -0.3 is 10.1 Å². The van der Waals surface area contributed by atoms with Crippen molar-refractivity contribution in [2.75, 3.05) is 19.7 Å².